The van der Waals surface area contributed by atoms with Gasteiger partial charge in [0.15, 0.2) is 0 Å². The molecule has 0 heterocycles. The standard InChI is InChI=1S/C12H13.ClH.Ti/c1-9(2)11-8-7-10-5-3-4-6-12(10)11;;/h3-9H,1-2H3;1H;/q;;+1/p-1. The molecule has 1 radical (unpaired) electrons. The number of hydrogen-bond acceptors (Lipinski definition) is 0. The SMILES string of the molecule is CC(C)[C]1C=Cc2ccccc21.[Cl][Ti]. The van der Waals surface area contributed by atoms with Crippen molar-refractivity contribution in [2.24, 2.45) is 5.92 Å². The number of benzene rings is 1. The van der Waals surface area contributed by atoms with E-state index in [1.165, 1.54) is 36.4 Å². The summed E-state index contributed by atoms with van der Waals surface area (Å²) in [5, 5.41) is 0. The van der Waals surface area contributed by atoms with Crippen molar-refractivity contribution in [3.63, 3.8) is 0 Å². The predicted molar refractivity (Wildman–Crippen MR) is 58.5 cm³/mol. The van der Waals surface area contributed by atoms with Gasteiger partial charge in [-0.25, -0.2) is 0 Å². The predicted octanol–water partition coefficient (Wildman–Crippen LogP) is 3.98. The molecular weight excluding hydrogens is 227 g/mol. The normalized spacial score (nSPS) is 13.6. The van der Waals surface area contributed by atoms with Crippen LogP contribution in [0.25, 0.3) is 6.08 Å². The third-order valence-corrected chi connectivity index (χ3v) is 2.34. The van der Waals surface area contributed by atoms with Crippen molar-refractivity contribution < 1.29 is 19.4 Å². The van der Waals surface area contributed by atoms with E-state index < -0.39 is 0 Å². The van der Waals surface area contributed by atoms with Crippen LogP contribution in [0.5, 0.6) is 0 Å². The summed E-state index contributed by atoms with van der Waals surface area (Å²) in [6, 6.07) is 8.56. The zero-order chi connectivity index (χ0) is 10.6. The molecule has 1 aliphatic rings. The van der Waals surface area contributed by atoms with E-state index in [0.29, 0.717) is 5.92 Å². The fraction of sp³-hybridized carbons (Fsp3) is 0.250. The van der Waals surface area contributed by atoms with Crippen LogP contribution in [0.3, 0.4) is 0 Å². The molecule has 0 N–H and O–H groups in total. The fourth-order valence-corrected chi connectivity index (χ4v) is 1.68. The monoisotopic (exact) mass is 240 g/mol. The van der Waals surface area contributed by atoms with Crippen LogP contribution in [0, 0.1) is 11.8 Å². The van der Waals surface area contributed by atoms with Crippen LogP contribution in [0.1, 0.15) is 25.0 Å². The molecule has 2 rings (SSSR count). The van der Waals surface area contributed by atoms with E-state index in [4.69, 9.17) is 0 Å². The first kappa shape index (κ1) is 12.0. The quantitative estimate of drug-likeness (QED) is 0.652. The summed E-state index contributed by atoms with van der Waals surface area (Å²) in [5.74, 6) is 2.09. The summed E-state index contributed by atoms with van der Waals surface area (Å²) >= 11 is 1.47. The Balaban J connectivity index is 0.000000461. The first-order chi connectivity index (χ1) is 6.79. The van der Waals surface area contributed by atoms with Gasteiger partial charge in [-0.3, -0.25) is 0 Å². The number of hydrogen-bond donors (Lipinski definition) is 0. The maximum absolute atomic E-state index is 4.64. The molecule has 1 aromatic carbocycles. The van der Waals surface area contributed by atoms with Crippen molar-refractivity contribution in [1.29, 1.82) is 0 Å². The van der Waals surface area contributed by atoms with Crippen LogP contribution in [0.4, 0.5) is 0 Å². The van der Waals surface area contributed by atoms with Crippen molar-refractivity contribution in [3.05, 3.63) is 47.4 Å². The summed E-state index contributed by atoms with van der Waals surface area (Å²) < 4.78 is 0. The average molecular weight is 241 g/mol. The topological polar surface area (TPSA) is 0 Å². The van der Waals surface area contributed by atoms with Gasteiger partial charge in [0.25, 0.3) is 0 Å². The van der Waals surface area contributed by atoms with Gasteiger partial charge in [-0.15, -0.1) is 0 Å². The minimum atomic E-state index is 0.630. The Morgan fingerprint density at radius 1 is 1.07 bits per heavy atom. The maximum atomic E-state index is 4.64. The Kier molecular flexibility index (Phi) is 4.94. The molecule has 1 aliphatic carbocycles. The molecule has 2 heteroatoms. The third kappa shape index (κ3) is 2.50. The molecule has 0 bridgehead atoms. The van der Waals surface area contributed by atoms with Gasteiger partial charge < -0.3 is 0 Å². The zero-order valence-corrected chi connectivity index (χ0v) is 10.7. The molecule has 0 aliphatic heterocycles. The van der Waals surface area contributed by atoms with Gasteiger partial charge >= 0.3 is 28.7 Å². The van der Waals surface area contributed by atoms with Crippen LogP contribution in [0.15, 0.2) is 30.3 Å². The van der Waals surface area contributed by atoms with E-state index in [1.54, 1.807) is 0 Å². The van der Waals surface area contributed by atoms with Crippen LogP contribution in [-0.2, 0) is 19.4 Å². The van der Waals surface area contributed by atoms with Crippen molar-refractivity contribution in [1.82, 2.24) is 0 Å². The molecule has 0 saturated heterocycles. The van der Waals surface area contributed by atoms with Gasteiger partial charge in [0.1, 0.15) is 0 Å². The molecule has 0 saturated carbocycles. The molecule has 72 valence electrons. The number of halogens is 1. The Bertz CT molecular complexity index is 318. The number of allylic oxidation sites excluding steroid dienone is 1. The van der Waals surface area contributed by atoms with Crippen LogP contribution in [-0.4, -0.2) is 0 Å². The second-order valence-electron chi connectivity index (χ2n) is 3.53. The Hall–Kier alpha value is -0.0357. The summed E-state index contributed by atoms with van der Waals surface area (Å²) in [4.78, 5) is 0. The molecule has 14 heavy (non-hydrogen) atoms. The molecule has 0 unspecified atom stereocenters. The van der Waals surface area contributed by atoms with E-state index in [-0.39, 0.29) is 0 Å². The van der Waals surface area contributed by atoms with E-state index in [1.807, 2.05) is 0 Å². The van der Waals surface area contributed by atoms with E-state index in [0.717, 1.165) is 0 Å². The molecular formula is C12H13ClTi. The molecule has 1 aromatic rings. The van der Waals surface area contributed by atoms with E-state index in [2.05, 4.69) is 59.6 Å². The molecule has 0 aromatic heterocycles. The molecule has 0 spiro atoms. The van der Waals surface area contributed by atoms with Crippen molar-refractivity contribution in [2.45, 2.75) is 13.8 Å². The first-order valence-electron chi connectivity index (χ1n) is 4.62. The Labute approximate surface area is 102 Å². The van der Waals surface area contributed by atoms with Gasteiger partial charge in [0.05, 0.1) is 0 Å². The fourth-order valence-electron chi connectivity index (χ4n) is 1.68. The average Bonchev–Trinajstić information content (AvgIpc) is 2.64. The van der Waals surface area contributed by atoms with Gasteiger partial charge in [0.2, 0.25) is 0 Å². The van der Waals surface area contributed by atoms with Crippen LogP contribution in [0.2, 0.25) is 0 Å². The minimum absolute atomic E-state index is 0.630. The zero-order valence-electron chi connectivity index (χ0n) is 8.42. The number of fused-ring (bicyclic) bond motifs is 1. The second-order valence-corrected chi connectivity index (χ2v) is 3.53. The van der Waals surface area contributed by atoms with Crippen molar-refractivity contribution >= 4 is 15.4 Å². The number of rotatable bonds is 1. The van der Waals surface area contributed by atoms with Crippen molar-refractivity contribution in [2.75, 3.05) is 0 Å². The van der Waals surface area contributed by atoms with Gasteiger partial charge in [-0.05, 0) is 17.0 Å². The summed E-state index contributed by atoms with van der Waals surface area (Å²) in [7, 11) is 4.64. The molecule has 0 atom stereocenters. The Morgan fingerprint density at radius 3 is 2.36 bits per heavy atom. The van der Waals surface area contributed by atoms with Crippen LogP contribution < -0.4 is 0 Å². The molecule has 0 nitrogen and oxygen atoms in total. The first-order valence-corrected chi connectivity index (χ1v) is 6.77. The molecule has 0 amide bonds. The van der Waals surface area contributed by atoms with Gasteiger partial charge in [-0.2, -0.15) is 0 Å². The van der Waals surface area contributed by atoms with Gasteiger partial charge in [0, 0.05) is 5.92 Å². The summed E-state index contributed by atoms with van der Waals surface area (Å²) in [6.07, 6.45) is 4.43. The van der Waals surface area contributed by atoms with E-state index in [9.17, 15) is 0 Å². The second kappa shape index (κ2) is 5.75. The van der Waals surface area contributed by atoms with Crippen molar-refractivity contribution in [3.8, 4) is 0 Å². The molecule has 0 fully saturated rings. The van der Waals surface area contributed by atoms with Crippen LogP contribution >= 0.6 is 9.30 Å². The Morgan fingerprint density at radius 2 is 1.71 bits per heavy atom. The van der Waals surface area contributed by atoms with E-state index >= 15 is 0 Å². The third-order valence-electron chi connectivity index (χ3n) is 2.34. The van der Waals surface area contributed by atoms with Gasteiger partial charge in [-0.1, -0.05) is 50.3 Å². The summed E-state index contributed by atoms with van der Waals surface area (Å²) in [5.41, 5.74) is 2.77. The summed E-state index contributed by atoms with van der Waals surface area (Å²) in [6.45, 7) is 4.48.